The van der Waals surface area contributed by atoms with Gasteiger partial charge in [0.25, 0.3) is 0 Å². The highest BCUT2D eigenvalue weighted by Gasteiger charge is 2.23. The van der Waals surface area contributed by atoms with E-state index in [1.165, 1.54) is 0 Å². The van der Waals surface area contributed by atoms with E-state index in [1.807, 2.05) is 24.3 Å². The molecular weight excluding hydrogens is 254 g/mol. The van der Waals surface area contributed by atoms with Gasteiger partial charge >= 0.3 is 5.97 Å². The van der Waals surface area contributed by atoms with Gasteiger partial charge in [0.15, 0.2) is 0 Å². The van der Waals surface area contributed by atoms with Crippen LogP contribution in [0.3, 0.4) is 0 Å². The van der Waals surface area contributed by atoms with Crippen molar-refractivity contribution in [1.82, 2.24) is 0 Å². The molecule has 1 aliphatic heterocycles. The smallest absolute Gasteiger partial charge is 0.303 e. The fourth-order valence-electron chi connectivity index (χ4n) is 2.16. The van der Waals surface area contributed by atoms with Crippen LogP contribution in [-0.4, -0.2) is 36.9 Å². The quantitative estimate of drug-likeness (QED) is 0.912. The van der Waals surface area contributed by atoms with E-state index in [2.05, 4.69) is 4.90 Å². The van der Waals surface area contributed by atoms with Crippen molar-refractivity contribution >= 4 is 23.3 Å². The summed E-state index contributed by atoms with van der Waals surface area (Å²) in [6.07, 6.45) is 0.760. The van der Waals surface area contributed by atoms with Gasteiger partial charge in [-0.25, -0.2) is 0 Å². The SMILES string of the molecule is O=C(O)CCC1COCCN1c1ccc(Cl)cc1. The summed E-state index contributed by atoms with van der Waals surface area (Å²) in [6, 6.07) is 7.74. The molecule has 0 amide bonds. The predicted octanol–water partition coefficient (Wildman–Crippen LogP) is 2.41. The standard InChI is InChI=1S/C13H16ClNO3/c14-10-1-3-11(4-2-10)15-7-8-18-9-12(15)5-6-13(16)17/h1-4,12H,5-9H2,(H,16,17). The summed E-state index contributed by atoms with van der Waals surface area (Å²) in [7, 11) is 0. The topological polar surface area (TPSA) is 49.8 Å². The maximum Gasteiger partial charge on any atom is 0.303 e. The summed E-state index contributed by atoms with van der Waals surface area (Å²) in [6.45, 7) is 2.04. The summed E-state index contributed by atoms with van der Waals surface area (Å²) >= 11 is 5.87. The lowest BCUT2D eigenvalue weighted by atomic mass is 10.1. The molecule has 2 rings (SSSR count). The minimum Gasteiger partial charge on any atom is -0.481 e. The molecule has 0 aliphatic carbocycles. The maximum atomic E-state index is 10.7. The van der Waals surface area contributed by atoms with Gasteiger partial charge in [-0.05, 0) is 30.7 Å². The van der Waals surface area contributed by atoms with E-state index in [-0.39, 0.29) is 12.5 Å². The number of anilines is 1. The Kier molecular flexibility index (Phi) is 4.44. The number of carboxylic acids is 1. The number of morpholine rings is 1. The number of benzene rings is 1. The first kappa shape index (κ1) is 13.2. The second-order valence-electron chi connectivity index (χ2n) is 4.33. The molecule has 1 saturated heterocycles. The lowest BCUT2D eigenvalue weighted by Crippen LogP contribution is -2.45. The van der Waals surface area contributed by atoms with Gasteiger partial charge in [0, 0.05) is 23.7 Å². The lowest BCUT2D eigenvalue weighted by Gasteiger charge is -2.37. The average Bonchev–Trinajstić information content (AvgIpc) is 2.38. The van der Waals surface area contributed by atoms with E-state index in [0.29, 0.717) is 24.7 Å². The third-order valence-electron chi connectivity index (χ3n) is 3.08. The Morgan fingerprint density at radius 1 is 1.44 bits per heavy atom. The minimum absolute atomic E-state index is 0.121. The Labute approximate surface area is 111 Å². The highest BCUT2D eigenvalue weighted by atomic mass is 35.5. The molecule has 1 unspecified atom stereocenters. The van der Waals surface area contributed by atoms with Crippen LogP contribution in [0.5, 0.6) is 0 Å². The summed E-state index contributed by atoms with van der Waals surface area (Å²) in [5.41, 5.74) is 1.07. The van der Waals surface area contributed by atoms with E-state index in [0.717, 1.165) is 12.2 Å². The normalized spacial score (nSPS) is 19.8. The molecule has 0 radical (unpaired) electrons. The highest BCUT2D eigenvalue weighted by molar-refractivity contribution is 6.30. The van der Waals surface area contributed by atoms with E-state index in [4.69, 9.17) is 21.4 Å². The van der Waals surface area contributed by atoms with E-state index in [1.54, 1.807) is 0 Å². The zero-order valence-electron chi connectivity index (χ0n) is 10.0. The van der Waals surface area contributed by atoms with Gasteiger partial charge in [-0.2, -0.15) is 0 Å². The largest absolute Gasteiger partial charge is 0.481 e. The van der Waals surface area contributed by atoms with Crippen molar-refractivity contribution in [3.05, 3.63) is 29.3 Å². The monoisotopic (exact) mass is 269 g/mol. The molecule has 1 aliphatic rings. The number of carbonyl (C=O) groups is 1. The summed E-state index contributed by atoms with van der Waals surface area (Å²) in [4.78, 5) is 12.9. The molecule has 1 atom stereocenters. The summed E-state index contributed by atoms with van der Waals surface area (Å²) < 4.78 is 5.43. The van der Waals surface area contributed by atoms with Crippen LogP contribution in [-0.2, 0) is 9.53 Å². The fourth-order valence-corrected chi connectivity index (χ4v) is 2.28. The molecule has 98 valence electrons. The van der Waals surface area contributed by atoms with Crippen LogP contribution < -0.4 is 4.90 Å². The Morgan fingerprint density at radius 3 is 2.83 bits per heavy atom. The molecule has 1 fully saturated rings. The number of ether oxygens (including phenoxy) is 1. The van der Waals surface area contributed by atoms with Crippen molar-refractivity contribution in [3.8, 4) is 0 Å². The van der Waals surface area contributed by atoms with Gasteiger partial charge in [-0.1, -0.05) is 11.6 Å². The Bertz CT molecular complexity index is 407. The molecule has 4 nitrogen and oxygen atoms in total. The van der Waals surface area contributed by atoms with Crippen molar-refractivity contribution in [1.29, 1.82) is 0 Å². The molecule has 0 spiro atoms. The molecule has 0 aromatic heterocycles. The Balaban J connectivity index is 2.07. The van der Waals surface area contributed by atoms with Gasteiger partial charge in [-0.3, -0.25) is 4.79 Å². The molecule has 0 bridgehead atoms. The Morgan fingerprint density at radius 2 is 2.17 bits per heavy atom. The number of rotatable bonds is 4. The highest BCUT2D eigenvalue weighted by Crippen LogP contribution is 2.23. The lowest BCUT2D eigenvalue weighted by molar-refractivity contribution is -0.137. The molecule has 1 heterocycles. The van der Waals surface area contributed by atoms with Crippen molar-refractivity contribution in [3.63, 3.8) is 0 Å². The first-order chi connectivity index (χ1) is 8.66. The van der Waals surface area contributed by atoms with Gasteiger partial charge in [0.2, 0.25) is 0 Å². The van der Waals surface area contributed by atoms with Gasteiger partial charge in [-0.15, -0.1) is 0 Å². The Hall–Kier alpha value is -1.26. The molecule has 1 N–H and O–H groups in total. The van der Waals surface area contributed by atoms with E-state index in [9.17, 15) is 4.79 Å². The van der Waals surface area contributed by atoms with Crippen molar-refractivity contribution < 1.29 is 14.6 Å². The second kappa shape index (κ2) is 6.07. The minimum atomic E-state index is -0.767. The van der Waals surface area contributed by atoms with E-state index >= 15 is 0 Å². The molecule has 18 heavy (non-hydrogen) atoms. The van der Waals surface area contributed by atoms with Crippen LogP contribution in [0.1, 0.15) is 12.8 Å². The van der Waals surface area contributed by atoms with Crippen LogP contribution in [0.25, 0.3) is 0 Å². The third-order valence-corrected chi connectivity index (χ3v) is 3.33. The number of nitrogens with zero attached hydrogens (tertiary/aromatic N) is 1. The predicted molar refractivity (Wildman–Crippen MR) is 70.3 cm³/mol. The number of aliphatic carboxylic acids is 1. The first-order valence-electron chi connectivity index (χ1n) is 5.98. The molecule has 0 saturated carbocycles. The van der Waals surface area contributed by atoms with Gasteiger partial charge in [0.1, 0.15) is 0 Å². The number of hydrogen-bond donors (Lipinski definition) is 1. The second-order valence-corrected chi connectivity index (χ2v) is 4.77. The zero-order chi connectivity index (χ0) is 13.0. The van der Waals surface area contributed by atoms with Crippen molar-refractivity contribution in [2.45, 2.75) is 18.9 Å². The van der Waals surface area contributed by atoms with Crippen molar-refractivity contribution in [2.24, 2.45) is 0 Å². The fraction of sp³-hybridized carbons (Fsp3) is 0.462. The summed E-state index contributed by atoms with van der Waals surface area (Å²) in [5, 5.41) is 9.46. The van der Waals surface area contributed by atoms with Crippen LogP contribution in [0.4, 0.5) is 5.69 Å². The molecule has 5 heteroatoms. The van der Waals surface area contributed by atoms with Crippen LogP contribution >= 0.6 is 11.6 Å². The summed E-state index contributed by atoms with van der Waals surface area (Å²) in [5.74, 6) is -0.767. The molecule has 1 aromatic carbocycles. The molecule has 1 aromatic rings. The number of halogens is 1. The zero-order valence-corrected chi connectivity index (χ0v) is 10.8. The van der Waals surface area contributed by atoms with Crippen LogP contribution in [0.15, 0.2) is 24.3 Å². The van der Waals surface area contributed by atoms with Crippen LogP contribution in [0.2, 0.25) is 5.02 Å². The number of carboxylic acid groups (broad SMARTS) is 1. The first-order valence-corrected chi connectivity index (χ1v) is 6.36. The number of hydrogen-bond acceptors (Lipinski definition) is 3. The van der Waals surface area contributed by atoms with Crippen molar-refractivity contribution in [2.75, 3.05) is 24.7 Å². The third kappa shape index (κ3) is 3.37. The van der Waals surface area contributed by atoms with Crippen LogP contribution in [0, 0.1) is 0 Å². The van der Waals surface area contributed by atoms with E-state index < -0.39 is 5.97 Å². The molecular formula is C13H16ClNO3. The average molecular weight is 270 g/mol. The van der Waals surface area contributed by atoms with Gasteiger partial charge < -0.3 is 14.7 Å². The maximum absolute atomic E-state index is 10.7. The van der Waals surface area contributed by atoms with Gasteiger partial charge in [0.05, 0.1) is 19.3 Å².